The van der Waals surface area contributed by atoms with Crippen LogP contribution in [-0.2, 0) is 0 Å². The van der Waals surface area contributed by atoms with Crippen LogP contribution in [0.3, 0.4) is 0 Å². The number of methoxy groups -OCH3 is 1. The molecule has 0 saturated heterocycles. The second-order valence-electron chi connectivity index (χ2n) is 5.07. The molecule has 0 spiro atoms. The minimum absolute atomic E-state index is 0.0449. The first kappa shape index (κ1) is 14.9. The number of carbonyl (C=O) groups excluding carboxylic acids is 1. The Hall–Kier alpha value is -1.46. The standard InChI is InChI=1S/C14H19ClN2O3/c1-20-10-4-5-12(11(15)8-10)16-13(19)17-14(9-18)6-2-3-7-14/h4-5,8,18H,2-3,6-7,9H2,1H3,(H2,16,17,19). The van der Waals surface area contributed by atoms with E-state index in [2.05, 4.69) is 10.6 Å². The number of amides is 2. The maximum absolute atomic E-state index is 12.0. The van der Waals surface area contributed by atoms with Crippen molar-refractivity contribution in [2.45, 2.75) is 31.2 Å². The summed E-state index contributed by atoms with van der Waals surface area (Å²) in [6.07, 6.45) is 3.63. The average molecular weight is 299 g/mol. The Labute approximate surface area is 123 Å². The molecule has 1 aromatic carbocycles. The molecule has 0 aromatic heterocycles. The molecule has 5 nitrogen and oxygen atoms in total. The topological polar surface area (TPSA) is 70.6 Å². The third-order valence-electron chi connectivity index (χ3n) is 3.67. The fourth-order valence-electron chi connectivity index (χ4n) is 2.49. The zero-order valence-corrected chi connectivity index (χ0v) is 12.2. The lowest BCUT2D eigenvalue weighted by molar-refractivity contribution is 0.167. The van der Waals surface area contributed by atoms with Crippen molar-refractivity contribution in [1.29, 1.82) is 0 Å². The van der Waals surface area contributed by atoms with Crippen molar-refractivity contribution in [3.8, 4) is 5.75 Å². The van der Waals surface area contributed by atoms with Gasteiger partial charge in [0.1, 0.15) is 5.75 Å². The summed E-state index contributed by atoms with van der Waals surface area (Å²) in [5.41, 5.74) is 0.0132. The molecule has 1 saturated carbocycles. The van der Waals surface area contributed by atoms with E-state index >= 15 is 0 Å². The van der Waals surface area contributed by atoms with Gasteiger partial charge < -0.3 is 20.5 Å². The number of hydrogen-bond donors (Lipinski definition) is 3. The Kier molecular flexibility index (Phi) is 4.73. The predicted molar refractivity (Wildman–Crippen MR) is 78.4 cm³/mol. The molecule has 110 valence electrons. The van der Waals surface area contributed by atoms with Gasteiger partial charge >= 0.3 is 6.03 Å². The molecule has 2 rings (SSSR count). The first-order valence-corrected chi connectivity index (χ1v) is 7.00. The van der Waals surface area contributed by atoms with Crippen LogP contribution in [0.15, 0.2) is 18.2 Å². The normalized spacial score (nSPS) is 16.8. The number of rotatable bonds is 4. The Morgan fingerprint density at radius 2 is 2.15 bits per heavy atom. The van der Waals surface area contributed by atoms with Crippen LogP contribution >= 0.6 is 11.6 Å². The van der Waals surface area contributed by atoms with Gasteiger partial charge in [0.15, 0.2) is 0 Å². The number of aliphatic hydroxyl groups is 1. The highest BCUT2D eigenvalue weighted by Gasteiger charge is 2.34. The highest BCUT2D eigenvalue weighted by Crippen LogP contribution is 2.30. The molecule has 0 radical (unpaired) electrons. The van der Waals surface area contributed by atoms with Gasteiger partial charge in [-0.15, -0.1) is 0 Å². The molecule has 6 heteroatoms. The second kappa shape index (κ2) is 6.33. The van der Waals surface area contributed by atoms with Crippen LogP contribution in [0.5, 0.6) is 5.75 Å². The zero-order valence-electron chi connectivity index (χ0n) is 11.4. The van der Waals surface area contributed by atoms with Crippen LogP contribution in [0.25, 0.3) is 0 Å². The van der Waals surface area contributed by atoms with E-state index in [-0.39, 0.29) is 12.6 Å². The summed E-state index contributed by atoms with van der Waals surface area (Å²) < 4.78 is 5.05. The lowest BCUT2D eigenvalue weighted by atomic mass is 9.99. The zero-order chi connectivity index (χ0) is 14.6. The van der Waals surface area contributed by atoms with E-state index in [0.717, 1.165) is 25.7 Å². The molecular formula is C14H19ClN2O3. The van der Waals surface area contributed by atoms with Gasteiger partial charge in [-0.2, -0.15) is 0 Å². The third kappa shape index (κ3) is 3.35. The van der Waals surface area contributed by atoms with Crippen LogP contribution in [0.4, 0.5) is 10.5 Å². The largest absolute Gasteiger partial charge is 0.497 e. The molecule has 0 atom stereocenters. The number of anilines is 1. The number of halogens is 1. The monoisotopic (exact) mass is 298 g/mol. The van der Waals surface area contributed by atoms with Crippen molar-refractivity contribution in [2.75, 3.05) is 19.0 Å². The summed E-state index contributed by atoms with van der Waals surface area (Å²) in [6.45, 7) is -0.0449. The number of nitrogens with one attached hydrogen (secondary N) is 2. The highest BCUT2D eigenvalue weighted by atomic mass is 35.5. The Bertz CT molecular complexity index is 487. The molecule has 0 bridgehead atoms. The molecule has 2 amide bonds. The van der Waals surface area contributed by atoms with Gasteiger partial charge in [-0.05, 0) is 25.0 Å². The first-order chi connectivity index (χ1) is 9.58. The highest BCUT2D eigenvalue weighted by molar-refractivity contribution is 6.33. The SMILES string of the molecule is COc1ccc(NC(=O)NC2(CO)CCCC2)c(Cl)c1. The van der Waals surface area contributed by atoms with E-state index in [4.69, 9.17) is 16.3 Å². The molecule has 0 heterocycles. The number of aliphatic hydroxyl groups excluding tert-OH is 1. The lowest BCUT2D eigenvalue weighted by Crippen LogP contribution is -2.50. The summed E-state index contributed by atoms with van der Waals surface area (Å²) in [5.74, 6) is 0.628. The van der Waals surface area contributed by atoms with E-state index in [0.29, 0.717) is 16.5 Å². The molecule has 1 aliphatic carbocycles. The maximum atomic E-state index is 12.0. The van der Waals surface area contributed by atoms with E-state index < -0.39 is 5.54 Å². The van der Waals surface area contributed by atoms with E-state index in [1.807, 2.05) is 0 Å². The molecule has 1 fully saturated rings. The van der Waals surface area contributed by atoms with Crippen LogP contribution in [0.1, 0.15) is 25.7 Å². The van der Waals surface area contributed by atoms with Crippen molar-refractivity contribution in [3.63, 3.8) is 0 Å². The molecule has 20 heavy (non-hydrogen) atoms. The predicted octanol–water partition coefficient (Wildman–Crippen LogP) is 2.78. The molecule has 1 aliphatic rings. The van der Waals surface area contributed by atoms with Gasteiger partial charge in [0, 0.05) is 6.07 Å². The van der Waals surface area contributed by atoms with Crippen LogP contribution in [-0.4, -0.2) is 30.4 Å². The molecule has 0 unspecified atom stereocenters. The van der Waals surface area contributed by atoms with Gasteiger partial charge in [0.2, 0.25) is 0 Å². The third-order valence-corrected chi connectivity index (χ3v) is 3.98. The Morgan fingerprint density at radius 1 is 1.45 bits per heavy atom. The van der Waals surface area contributed by atoms with E-state index in [1.165, 1.54) is 0 Å². The van der Waals surface area contributed by atoms with Crippen molar-refractivity contribution >= 4 is 23.3 Å². The fourth-order valence-corrected chi connectivity index (χ4v) is 2.71. The van der Waals surface area contributed by atoms with Gasteiger partial charge in [-0.1, -0.05) is 24.4 Å². The number of benzene rings is 1. The van der Waals surface area contributed by atoms with Crippen LogP contribution < -0.4 is 15.4 Å². The summed E-state index contributed by atoms with van der Waals surface area (Å²) >= 11 is 6.07. The minimum atomic E-state index is -0.497. The van der Waals surface area contributed by atoms with Crippen molar-refractivity contribution < 1.29 is 14.6 Å². The number of carbonyl (C=O) groups is 1. The van der Waals surface area contributed by atoms with Crippen LogP contribution in [0, 0.1) is 0 Å². The van der Waals surface area contributed by atoms with E-state index in [1.54, 1.807) is 25.3 Å². The molecule has 0 aliphatic heterocycles. The molecule has 1 aromatic rings. The van der Waals surface area contributed by atoms with Crippen LogP contribution in [0.2, 0.25) is 5.02 Å². The second-order valence-corrected chi connectivity index (χ2v) is 5.48. The van der Waals surface area contributed by atoms with Gasteiger partial charge in [-0.25, -0.2) is 4.79 Å². The Balaban J connectivity index is 2.01. The van der Waals surface area contributed by atoms with Crippen molar-refractivity contribution in [1.82, 2.24) is 5.32 Å². The smallest absolute Gasteiger partial charge is 0.319 e. The summed E-state index contributed by atoms with van der Waals surface area (Å²) in [7, 11) is 1.55. The van der Waals surface area contributed by atoms with Crippen molar-refractivity contribution in [3.05, 3.63) is 23.2 Å². The fraction of sp³-hybridized carbons (Fsp3) is 0.500. The molecular weight excluding hydrogens is 280 g/mol. The minimum Gasteiger partial charge on any atom is -0.497 e. The summed E-state index contributed by atoms with van der Waals surface area (Å²) in [5, 5.41) is 15.4. The maximum Gasteiger partial charge on any atom is 0.319 e. The van der Waals surface area contributed by atoms with E-state index in [9.17, 15) is 9.90 Å². The van der Waals surface area contributed by atoms with Crippen molar-refractivity contribution in [2.24, 2.45) is 0 Å². The number of urea groups is 1. The van der Waals surface area contributed by atoms with Gasteiger partial charge in [0.05, 0.1) is 30.0 Å². The average Bonchev–Trinajstić information content (AvgIpc) is 2.90. The van der Waals surface area contributed by atoms with Gasteiger partial charge in [-0.3, -0.25) is 0 Å². The first-order valence-electron chi connectivity index (χ1n) is 6.62. The lowest BCUT2D eigenvalue weighted by Gasteiger charge is -2.28. The molecule has 3 N–H and O–H groups in total. The quantitative estimate of drug-likeness (QED) is 0.800. The number of hydrogen-bond acceptors (Lipinski definition) is 3. The summed E-state index contributed by atoms with van der Waals surface area (Å²) in [6, 6.07) is 4.68. The number of ether oxygens (including phenoxy) is 1. The van der Waals surface area contributed by atoms with Gasteiger partial charge in [0.25, 0.3) is 0 Å². The summed E-state index contributed by atoms with van der Waals surface area (Å²) in [4.78, 5) is 12.0. The Morgan fingerprint density at radius 3 is 2.70 bits per heavy atom.